The predicted octanol–water partition coefficient (Wildman–Crippen LogP) is 1.11. The Morgan fingerprint density at radius 3 is 2.88 bits per heavy atom. The highest BCUT2D eigenvalue weighted by molar-refractivity contribution is 7.11. The summed E-state index contributed by atoms with van der Waals surface area (Å²) in [4.78, 5) is 10.1. The van der Waals surface area contributed by atoms with Crippen LogP contribution in [0.2, 0.25) is 0 Å². The van der Waals surface area contributed by atoms with E-state index in [4.69, 9.17) is 0 Å². The van der Waals surface area contributed by atoms with Gasteiger partial charge in [0, 0.05) is 25.8 Å². The molecular weight excluding hydrogens is 222 g/mol. The molecule has 1 fully saturated rings. The van der Waals surface area contributed by atoms with Gasteiger partial charge in [-0.25, -0.2) is 4.98 Å². The van der Waals surface area contributed by atoms with Crippen molar-refractivity contribution in [2.45, 2.75) is 19.1 Å². The minimum absolute atomic E-state index is 0.372. The molecule has 1 aromatic heterocycles. The number of likely N-dealkylation sites (N-methyl/N-ethyl adjacent to an activating group) is 2. The maximum Gasteiger partial charge on any atom is 0.111 e. The predicted molar refractivity (Wildman–Crippen MR) is 65.6 cm³/mol. The van der Waals surface area contributed by atoms with Crippen LogP contribution in [0.4, 0.5) is 0 Å². The molecule has 2 rings (SSSR count). The van der Waals surface area contributed by atoms with Crippen LogP contribution in [0.25, 0.3) is 0 Å². The number of nitrogens with zero attached hydrogens (tertiary/aromatic N) is 3. The Bertz CT molecular complexity index is 353. The molecule has 1 saturated heterocycles. The standard InChI is InChI=1S/C11H19N3OS/c1-8(15)10-6-12-11(16-10)9-7-13(2)4-5-14(9)3/h6,8-9,15H,4-5,7H2,1-3H3. The zero-order valence-electron chi connectivity index (χ0n) is 10.1. The van der Waals surface area contributed by atoms with E-state index in [9.17, 15) is 5.11 Å². The normalized spacial score (nSPS) is 25.9. The van der Waals surface area contributed by atoms with Crippen molar-refractivity contribution in [3.63, 3.8) is 0 Å². The molecule has 5 heteroatoms. The fourth-order valence-electron chi connectivity index (χ4n) is 1.92. The number of aliphatic hydroxyl groups is 1. The fourth-order valence-corrected chi connectivity index (χ4v) is 2.94. The monoisotopic (exact) mass is 241 g/mol. The summed E-state index contributed by atoms with van der Waals surface area (Å²) in [6.45, 7) is 4.99. The summed E-state index contributed by atoms with van der Waals surface area (Å²) in [6.07, 6.45) is 1.39. The number of aliphatic hydroxyl groups excluding tert-OH is 1. The maximum absolute atomic E-state index is 9.50. The van der Waals surface area contributed by atoms with Gasteiger partial charge >= 0.3 is 0 Å². The summed E-state index contributed by atoms with van der Waals surface area (Å²) in [5.74, 6) is 0. The van der Waals surface area contributed by atoms with Crippen LogP contribution in [-0.4, -0.2) is 53.6 Å². The van der Waals surface area contributed by atoms with E-state index in [-0.39, 0.29) is 0 Å². The Balaban J connectivity index is 2.15. The summed E-state index contributed by atoms with van der Waals surface area (Å²) < 4.78 is 0. The SMILES string of the molecule is CC(O)c1cnc(C2CN(C)CCN2C)s1. The number of rotatable bonds is 2. The molecular formula is C11H19N3OS. The zero-order chi connectivity index (χ0) is 11.7. The van der Waals surface area contributed by atoms with E-state index in [1.807, 2.05) is 0 Å². The average molecular weight is 241 g/mol. The maximum atomic E-state index is 9.50. The van der Waals surface area contributed by atoms with Gasteiger partial charge < -0.3 is 10.0 Å². The second-order valence-electron chi connectivity index (χ2n) is 4.54. The topological polar surface area (TPSA) is 39.6 Å². The largest absolute Gasteiger partial charge is 0.388 e. The molecule has 2 unspecified atom stereocenters. The minimum Gasteiger partial charge on any atom is -0.388 e. The lowest BCUT2D eigenvalue weighted by Crippen LogP contribution is -2.44. The molecule has 1 aliphatic heterocycles. The second kappa shape index (κ2) is 4.79. The van der Waals surface area contributed by atoms with Crippen molar-refractivity contribution in [2.24, 2.45) is 0 Å². The van der Waals surface area contributed by atoms with Crippen LogP contribution in [0.5, 0.6) is 0 Å². The summed E-state index contributed by atoms with van der Waals surface area (Å²) in [5.41, 5.74) is 0. The van der Waals surface area contributed by atoms with E-state index >= 15 is 0 Å². The molecule has 16 heavy (non-hydrogen) atoms. The number of hydrogen-bond donors (Lipinski definition) is 1. The highest BCUT2D eigenvalue weighted by Crippen LogP contribution is 2.29. The molecule has 0 saturated carbocycles. The van der Waals surface area contributed by atoms with Crippen molar-refractivity contribution in [1.82, 2.24) is 14.8 Å². The Hall–Kier alpha value is -0.490. The van der Waals surface area contributed by atoms with Gasteiger partial charge in [-0.2, -0.15) is 0 Å². The van der Waals surface area contributed by atoms with Crippen molar-refractivity contribution < 1.29 is 5.11 Å². The van der Waals surface area contributed by atoms with Crippen LogP contribution >= 0.6 is 11.3 Å². The molecule has 1 aromatic rings. The molecule has 2 heterocycles. The van der Waals surface area contributed by atoms with Crippen molar-refractivity contribution >= 4 is 11.3 Å². The van der Waals surface area contributed by atoms with Crippen LogP contribution in [0, 0.1) is 0 Å². The number of aromatic nitrogens is 1. The van der Waals surface area contributed by atoms with Crippen LogP contribution in [0.15, 0.2) is 6.20 Å². The first-order valence-corrected chi connectivity index (χ1v) is 6.42. The van der Waals surface area contributed by atoms with E-state index in [0.717, 1.165) is 29.5 Å². The molecule has 0 aromatic carbocycles. The fraction of sp³-hybridized carbons (Fsp3) is 0.727. The molecule has 0 spiro atoms. The van der Waals surface area contributed by atoms with Crippen molar-refractivity contribution in [2.75, 3.05) is 33.7 Å². The van der Waals surface area contributed by atoms with Gasteiger partial charge in [0.2, 0.25) is 0 Å². The Labute approximate surface area is 101 Å². The highest BCUT2D eigenvalue weighted by atomic mass is 32.1. The molecule has 2 atom stereocenters. The molecule has 0 radical (unpaired) electrons. The van der Waals surface area contributed by atoms with Gasteiger partial charge in [-0.05, 0) is 21.0 Å². The van der Waals surface area contributed by atoms with Gasteiger partial charge in [0.25, 0.3) is 0 Å². The third-order valence-corrected chi connectivity index (χ3v) is 4.36. The molecule has 0 bridgehead atoms. The Morgan fingerprint density at radius 2 is 2.25 bits per heavy atom. The van der Waals surface area contributed by atoms with Crippen LogP contribution in [0.1, 0.15) is 29.0 Å². The highest BCUT2D eigenvalue weighted by Gasteiger charge is 2.26. The van der Waals surface area contributed by atoms with Gasteiger partial charge in [0.05, 0.1) is 17.0 Å². The molecule has 90 valence electrons. The minimum atomic E-state index is -0.405. The third-order valence-electron chi connectivity index (χ3n) is 3.09. The van der Waals surface area contributed by atoms with E-state index in [1.165, 1.54) is 0 Å². The van der Waals surface area contributed by atoms with Gasteiger partial charge in [-0.3, -0.25) is 4.90 Å². The number of piperazine rings is 1. The quantitative estimate of drug-likeness (QED) is 0.842. The van der Waals surface area contributed by atoms with Gasteiger partial charge in [-0.15, -0.1) is 11.3 Å². The molecule has 0 aliphatic carbocycles. The van der Waals surface area contributed by atoms with Crippen LogP contribution < -0.4 is 0 Å². The summed E-state index contributed by atoms with van der Waals surface area (Å²) in [7, 11) is 4.28. The molecule has 0 amide bonds. The van der Waals surface area contributed by atoms with Gasteiger partial charge in [0.15, 0.2) is 0 Å². The molecule has 1 N–H and O–H groups in total. The third kappa shape index (κ3) is 2.43. The van der Waals surface area contributed by atoms with Gasteiger partial charge in [0.1, 0.15) is 5.01 Å². The molecule has 4 nitrogen and oxygen atoms in total. The van der Waals surface area contributed by atoms with E-state index in [2.05, 4.69) is 28.9 Å². The number of hydrogen-bond acceptors (Lipinski definition) is 5. The lowest BCUT2D eigenvalue weighted by molar-refractivity contribution is 0.115. The second-order valence-corrected chi connectivity index (χ2v) is 5.63. The van der Waals surface area contributed by atoms with E-state index < -0.39 is 6.10 Å². The summed E-state index contributed by atoms with van der Waals surface area (Å²) >= 11 is 1.62. The first kappa shape index (κ1) is 12.0. The smallest absolute Gasteiger partial charge is 0.111 e. The Morgan fingerprint density at radius 1 is 1.50 bits per heavy atom. The van der Waals surface area contributed by atoms with Crippen LogP contribution in [-0.2, 0) is 0 Å². The summed E-state index contributed by atoms with van der Waals surface area (Å²) in [6, 6.07) is 0.372. The number of thiazole rings is 1. The zero-order valence-corrected chi connectivity index (χ0v) is 10.9. The Kier molecular flexibility index (Phi) is 3.59. The van der Waals surface area contributed by atoms with Crippen LogP contribution in [0.3, 0.4) is 0 Å². The first-order valence-electron chi connectivity index (χ1n) is 5.60. The van der Waals surface area contributed by atoms with Gasteiger partial charge in [-0.1, -0.05) is 0 Å². The average Bonchev–Trinajstić information content (AvgIpc) is 2.70. The van der Waals surface area contributed by atoms with E-state index in [1.54, 1.807) is 24.5 Å². The summed E-state index contributed by atoms with van der Waals surface area (Å²) in [5, 5.41) is 10.6. The van der Waals surface area contributed by atoms with Crippen molar-refractivity contribution in [3.05, 3.63) is 16.1 Å². The van der Waals surface area contributed by atoms with E-state index in [0.29, 0.717) is 6.04 Å². The van der Waals surface area contributed by atoms with Crippen molar-refractivity contribution in [1.29, 1.82) is 0 Å². The molecule has 1 aliphatic rings. The lowest BCUT2D eigenvalue weighted by atomic mass is 10.2. The van der Waals surface area contributed by atoms with Crippen molar-refractivity contribution in [3.8, 4) is 0 Å². The first-order chi connectivity index (χ1) is 7.58. The lowest BCUT2D eigenvalue weighted by Gasteiger charge is -2.36.